The highest BCUT2D eigenvalue weighted by molar-refractivity contribution is 6.07. The Balaban J connectivity index is 1.26. The molecule has 11 rings (SSSR count). The zero-order valence-corrected chi connectivity index (χ0v) is 23.7. The predicted molar refractivity (Wildman–Crippen MR) is 189 cm³/mol. The Morgan fingerprint density at radius 3 is 2.20 bits per heavy atom. The van der Waals surface area contributed by atoms with E-state index < -0.39 is 90.0 Å². The maximum atomic E-state index is 9.72. The van der Waals surface area contributed by atoms with Crippen molar-refractivity contribution in [2.75, 3.05) is 0 Å². The van der Waals surface area contributed by atoms with Gasteiger partial charge in [-0.15, -0.1) is 0 Å². The molecule has 8 aromatic rings. The van der Waals surface area contributed by atoms with Gasteiger partial charge in [0.15, 0.2) is 0 Å². The van der Waals surface area contributed by atoms with Crippen LogP contribution in [-0.2, 0) is 5.41 Å². The van der Waals surface area contributed by atoms with E-state index in [4.69, 9.17) is 21.2 Å². The lowest BCUT2D eigenvalue weighted by molar-refractivity contribution is 0.487. The molecule has 8 aromatic carbocycles. The van der Waals surface area contributed by atoms with Gasteiger partial charge < -0.3 is 4.74 Å². The summed E-state index contributed by atoms with van der Waals surface area (Å²) in [6.07, 6.45) is 0. The minimum atomic E-state index is -1.69. The van der Waals surface area contributed by atoms with E-state index in [-0.39, 0.29) is 72.9 Å². The Morgan fingerprint density at radius 2 is 1.22 bits per heavy atom. The van der Waals surface area contributed by atoms with Crippen molar-refractivity contribution in [3.05, 3.63) is 180 Å². The summed E-state index contributed by atoms with van der Waals surface area (Å²) >= 11 is 0. The van der Waals surface area contributed by atoms with E-state index in [1.807, 2.05) is 30.3 Å². The number of fused-ring (bicyclic) bond motifs is 14. The molecule has 1 heterocycles. The minimum Gasteiger partial charge on any atom is -0.456 e. The third-order valence-electron chi connectivity index (χ3n) is 9.49. The molecule has 0 fully saturated rings. The van der Waals surface area contributed by atoms with Crippen molar-refractivity contribution < 1.29 is 26.7 Å². The SMILES string of the molecule is [2H]c1c([2H])c([2H])c2c(c1[2H])-c1c(c([2H])c([2H])c3c([2H])c([2H])c([2H])c([2H])c13)C21c2ccccc2-c2ccc(-c3ccc4c(c3)-c3c([2H])c([2H])c([2H])c5c([2H])c([2H])c([2H])c(c35)O4)cc21. The highest BCUT2D eigenvalue weighted by atomic mass is 16.5. The summed E-state index contributed by atoms with van der Waals surface area (Å²) in [4.78, 5) is 0. The number of benzene rings is 8. The first-order chi connectivity index (χ1) is 29.5. The molecule has 0 bridgehead atoms. The van der Waals surface area contributed by atoms with Gasteiger partial charge >= 0.3 is 0 Å². The van der Waals surface area contributed by atoms with Crippen LogP contribution < -0.4 is 4.74 Å². The lowest BCUT2D eigenvalue weighted by atomic mass is 9.70. The first-order valence-electron chi connectivity index (χ1n) is 22.7. The summed E-state index contributed by atoms with van der Waals surface area (Å²) in [6.45, 7) is 0. The van der Waals surface area contributed by atoms with E-state index in [1.54, 1.807) is 30.3 Å². The van der Waals surface area contributed by atoms with Crippen LogP contribution in [0.4, 0.5) is 0 Å². The molecular formula is C45H26O. The van der Waals surface area contributed by atoms with E-state index >= 15 is 0 Å². The minimum absolute atomic E-state index is 0.0263. The molecule has 0 saturated carbocycles. The van der Waals surface area contributed by atoms with Gasteiger partial charge in [-0.2, -0.15) is 0 Å². The van der Waals surface area contributed by atoms with Gasteiger partial charge in [-0.1, -0.05) is 133 Å². The van der Waals surface area contributed by atoms with Crippen molar-refractivity contribution in [2.45, 2.75) is 5.41 Å². The number of hydrogen-bond acceptors (Lipinski definition) is 1. The van der Waals surface area contributed by atoms with Crippen molar-refractivity contribution in [3.63, 3.8) is 0 Å². The molecule has 0 aromatic heterocycles. The van der Waals surface area contributed by atoms with E-state index in [0.29, 0.717) is 38.9 Å². The van der Waals surface area contributed by atoms with Gasteiger partial charge in [0.1, 0.15) is 11.5 Å². The molecular weight excluding hydrogens is 556 g/mol. The molecule has 1 aliphatic heterocycles. The normalized spacial score (nSPS) is 21.0. The van der Waals surface area contributed by atoms with Crippen LogP contribution in [0.5, 0.6) is 11.5 Å². The van der Waals surface area contributed by atoms with Gasteiger partial charge in [0, 0.05) is 10.9 Å². The number of rotatable bonds is 1. The van der Waals surface area contributed by atoms with Crippen molar-refractivity contribution in [1.82, 2.24) is 0 Å². The average molecular weight is 599 g/mol. The Hall–Kier alpha value is -5.92. The maximum absolute atomic E-state index is 9.72. The Kier molecular flexibility index (Phi) is 2.63. The zero-order valence-electron chi connectivity index (χ0n) is 39.7. The highest BCUT2D eigenvalue weighted by Gasteiger charge is 2.52. The first kappa shape index (κ1) is 14.0. The molecule has 212 valence electrons. The van der Waals surface area contributed by atoms with E-state index in [1.165, 1.54) is 0 Å². The third kappa shape index (κ3) is 2.91. The molecule has 2 aliphatic carbocycles. The highest BCUT2D eigenvalue weighted by Crippen LogP contribution is 2.64. The molecule has 1 atom stereocenters. The van der Waals surface area contributed by atoms with Gasteiger partial charge in [-0.25, -0.2) is 0 Å². The number of hydrogen-bond donors (Lipinski definition) is 0. The molecule has 0 radical (unpaired) electrons. The summed E-state index contributed by atoms with van der Waals surface area (Å²) in [5.41, 5.74) is 2.49. The molecule has 0 amide bonds. The fourth-order valence-corrected chi connectivity index (χ4v) is 7.66. The summed E-state index contributed by atoms with van der Waals surface area (Å²) in [6, 6.07) is 10.2. The van der Waals surface area contributed by atoms with Crippen molar-refractivity contribution in [1.29, 1.82) is 0 Å². The largest absolute Gasteiger partial charge is 0.456 e. The molecule has 3 aliphatic rings. The fourth-order valence-electron chi connectivity index (χ4n) is 7.66. The van der Waals surface area contributed by atoms with Gasteiger partial charge in [-0.3, -0.25) is 0 Å². The summed E-state index contributed by atoms with van der Waals surface area (Å²) < 4.78 is 149. The summed E-state index contributed by atoms with van der Waals surface area (Å²) in [5, 5.41) is -0.325. The molecule has 0 saturated heterocycles. The van der Waals surface area contributed by atoms with Crippen LogP contribution in [0, 0.1) is 0 Å². The topological polar surface area (TPSA) is 9.23 Å². The fraction of sp³-hybridized carbons (Fsp3) is 0.0222. The number of ether oxygens (including phenoxy) is 1. The second-order valence-electron chi connectivity index (χ2n) is 11.6. The smallest absolute Gasteiger partial charge is 0.135 e. The van der Waals surface area contributed by atoms with Crippen molar-refractivity contribution in [3.8, 4) is 56.0 Å². The third-order valence-corrected chi connectivity index (χ3v) is 9.49. The summed E-state index contributed by atoms with van der Waals surface area (Å²) in [7, 11) is 0. The first-order valence-corrected chi connectivity index (χ1v) is 14.7. The van der Waals surface area contributed by atoms with Crippen LogP contribution in [0.1, 0.15) is 44.2 Å². The Morgan fingerprint density at radius 1 is 0.457 bits per heavy atom. The van der Waals surface area contributed by atoms with Crippen LogP contribution >= 0.6 is 0 Å². The molecule has 1 heteroatoms. The van der Waals surface area contributed by atoms with Crippen LogP contribution in [0.3, 0.4) is 0 Å². The predicted octanol–water partition coefficient (Wildman–Crippen LogP) is 11.8. The zero-order chi connectivity index (χ0) is 43.9. The lowest BCUT2D eigenvalue weighted by Crippen LogP contribution is -2.25. The molecule has 1 spiro atoms. The van der Waals surface area contributed by atoms with Crippen LogP contribution in [0.2, 0.25) is 0 Å². The van der Waals surface area contributed by atoms with Gasteiger partial charge in [0.25, 0.3) is 0 Å². The quantitative estimate of drug-likeness (QED) is 0.183. The Bertz CT molecular complexity index is 3520. The average Bonchev–Trinajstić information content (AvgIpc) is 3.75. The van der Waals surface area contributed by atoms with Gasteiger partial charge in [0.2, 0.25) is 0 Å². The van der Waals surface area contributed by atoms with Crippen molar-refractivity contribution in [2.24, 2.45) is 0 Å². The second kappa shape index (κ2) is 8.62. The molecule has 46 heavy (non-hydrogen) atoms. The van der Waals surface area contributed by atoms with E-state index in [9.17, 15) is 5.48 Å². The Labute approximate surface area is 289 Å². The van der Waals surface area contributed by atoms with Crippen molar-refractivity contribution >= 4 is 21.5 Å². The summed E-state index contributed by atoms with van der Waals surface area (Å²) in [5.74, 6) is 0.132. The molecule has 1 unspecified atom stereocenters. The standard InChI is InChI=1S/C45H26O/c1-2-12-31-27(9-1)20-23-39-44(31)35-14-4-6-17-38(35)45(39)37-16-5-3-13-32(37)33-22-19-30(26-40(33)45)29-21-24-41-36(25-29)34-15-7-10-28-11-8-18-42(46-41)43(28)34/h1-26H/i1D,2D,4D,6D,7D,8D,9D,10D,11D,12D,14D,15D,17D,18D,20D,23D. The van der Waals surface area contributed by atoms with E-state index in [0.717, 1.165) is 0 Å². The van der Waals surface area contributed by atoms with Gasteiger partial charge in [0.05, 0.1) is 27.3 Å². The monoisotopic (exact) mass is 598 g/mol. The maximum Gasteiger partial charge on any atom is 0.135 e. The van der Waals surface area contributed by atoms with Crippen LogP contribution in [0.25, 0.3) is 66.1 Å². The van der Waals surface area contributed by atoms with Crippen LogP contribution in [-0.4, -0.2) is 0 Å². The molecule has 1 nitrogen and oxygen atoms in total. The van der Waals surface area contributed by atoms with E-state index in [2.05, 4.69) is 0 Å². The van der Waals surface area contributed by atoms with Crippen LogP contribution in [0.15, 0.2) is 157 Å². The van der Waals surface area contributed by atoms with Gasteiger partial charge in [-0.05, 0) is 102 Å². The second-order valence-corrected chi connectivity index (χ2v) is 11.6. The molecule has 0 N–H and O–H groups in total. The lowest BCUT2D eigenvalue weighted by Gasteiger charge is -2.31.